The average molecular weight is 350 g/mol. The Hall–Kier alpha value is -2.62. The monoisotopic (exact) mass is 350 g/mol. The van der Waals surface area contributed by atoms with E-state index in [-0.39, 0.29) is 11.8 Å². The van der Waals surface area contributed by atoms with E-state index in [1.54, 1.807) is 4.90 Å². The van der Waals surface area contributed by atoms with E-state index in [4.69, 9.17) is 0 Å². The number of rotatable bonds is 5. The first-order valence-electron chi connectivity index (χ1n) is 9.14. The Morgan fingerprint density at radius 2 is 1.85 bits per heavy atom. The summed E-state index contributed by atoms with van der Waals surface area (Å²) in [6, 6.07) is 13.0. The summed E-state index contributed by atoms with van der Waals surface area (Å²) >= 11 is 0. The highest BCUT2D eigenvalue weighted by atomic mass is 16.2. The second-order valence-electron chi connectivity index (χ2n) is 7.52. The summed E-state index contributed by atoms with van der Waals surface area (Å²) in [5, 5.41) is 3.01. The second kappa shape index (κ2) is 7.32. The second-order valence-corrected chi connectivity index (χ2v) is 7.52. The van der Waals surface area contributed by atoms with Gasteiger partial charge in [0.25, 0.3) is 5.91 Å². The molecule has 0 saturated heterocycles. The van der Waals surface area contributed by atoms with Gasteiger partial charge in [0.2, 0.25) is 5.91 Å². The maximum atomic E-state index is 13.0. The van der Waals surface area contributed by atoms with Crippen molar-refractivity contribution in [1.82, 2.24) is 4.90 Å². The summed E-state index contributed by atoms with van der Waals surface area (Å²) < 4.78 is 0. The molecule has 3 rings (SSSR count). The van der Waals surface area contributed by atoms with Crippen LogP contribution in [0.1, 0.15) is 47.3 Å². The molecule has 4 nitrogen and oxygen atoms in total. The van der Waals surface area contributed by atoms with Crippen LogP contribution in [0.25, 0.3) is 0 Å². The minimum Gasteiger partial charge on any atom is -0.324 e. The summed E-state index contributed by atoms with van der Waals surface area (Å²) in [4.78, 5) is 27.6. The first-order chi connectivity index (χ1) is 12.4. The summed E-state index contributed by atoms with van der Waals surface area (Å²) in [6.45, 7) is 8.71. The Kier molecular flexibility index (Phi) is 5.12. The molecule has 0 radical (unpaired) electrons. The van der Waals surface area contributed by atoms with Crippen molar-refractivity contribution in [2.24, 2.45) is 5.92 Å². The highest BCUT2D eigenvalue weighted by Crippen LogP contribution is 2.27. The number of hydrogen-bond donors (Lipinski definition) is 1. The molecular formula is C22H26N2O2. The maximum Gasteiger partial charge on any atom is 0.255 e. The third-order valence-electron chi connectivity index (χ3n) is 5.00. The fraction of sp³-hybridized carbons (Fsp3) is 0.364. The number of nitrogens with one attached hydrogen (secondary N) is 1. The van der Waals surface area contributed by atoms with Gasteiger partial charge in [-0.2, -0.15) is 0 Å². The van der Waals surface area contributed by atoms with Crippen molar-refractivity contribution in [3.63, 3.8) is 0 Å². The number of anilines is 1. The molecule has 1 atom stereocenters. The predicted molar refractivity (Wildman–Crippen MR) is 104 cm³/mol. The molecule has 0 unspecified atom stereocenters. The minimum atomic E-state index is -0.475. The lowest BCUT2D eigenvalue weighted by Crippen LogP contribution is -2.45. The normalized spacial score (nSPS) is 14.5. The van der Waals surface area contributed by atoms with Crippen LogP contribution >= 0.6 is 0 Å². The molecule has 2 aromatic carbocycles. The quantitative estimate of drug-likeness (QED) is 0.873. The van der Waals surface area contributed by atoms with Gasteiger partial charge in [0.05, 0.1) is 0 Å². The van der Waals surface area contributed by atoms with Gasteiger partial charge in [0.15, 0.2) is 0 Å². The molecule has 2 amide bonds. The molecule has 1 heterocycles. The summed E-state index contributed by atoms with van der Waals surface area (Å²) in [5.74, 6) is 0.131. The standard InChI is InChI=1S/C22H26N2O2/c1-14(2)11-20(21(25)23-18-10-9-15(3)16(4)12-18)24-13-17-7-5-6-8-19(17)22(24)26/h5-10,12,14,20H,11,13H2,1-4H3,(H,23,25)/t20-/m0/s1. The third-order valence-corrected chi connectivity index (χ3v) is 5.00. The highest BCUT2D eigenvalue weighted by Gasteiger charge is 2.36. The van der Waals surface area contributed by atoms with E-state index in [0.29, 0.717) is 24.4 Å². The fourth-order valence-electron chi connectivity index (χ4n) is 3.40. The molecular weight excluding hydrogens is 324 g/mol. The summed E-state index contributed by atoms with van der Waals surface area (Å²) in [6.07, 6.45) is 0.635. The van der Waals surface area contributed by atoms with E-state index in [1.165, 1.54) is 5.56 Å². The van der Waals surface area contributed by atoms with Gasteiger partial charge in [0, 0.05) is 17.8 Å². The van der Waals surface area contributed by atoms with Crippen LogP contribution in [0, 0.1) is 19.8 Å². The molecule has 0 fully saturated rings. The zero-order valence-electron chi connectivity index (χ0n) is 15.9. The number of aryl methyl sites for hydroxylation is 2. The minimum absolute atomic E-state index is 0.0542. The number of carbonyl (C=O) groups excluding carboxylic acids is 2. The molecule has 1 aliphatic rings. The Morgan fingerprint density at radius 3 is 2.50 bits per heavy atom. The summed E-state index contributed by atoms with van der Waals surface area (Å²) in [5.41, 5.74) is 4.79. The molecule has 26 heavy (non-hydrogen) atoms. The molecule has 0 saturated carbocycles. The first-order valence-corrected chi connectivity index (χ1v) is 9.14. The van der Waals surface area contributed by atoms with Crippen molar-refractivity contribution in [3.8, 4) is 0 Å². The first kappa shape index (κ1) is 18.2. The lowest BCUT2D eigenvalue weighted by Gasteiger charge is -2.28. The summed E-state index contributed by atoms with van der Waals surface area (Å²) in [7, 11) is 0. The Balaban J connectivity index is 1.83. The third kappa shape index (κ3) is 3.64. The van der Waals surface area contributed by atoms with Gasteiger partial charge < -0.3 is 10.2 Å². The average Bonchev–Trinajstić information content (AvgIpc) is 2.93. The largest absolute Gasteiger partial charge is 0.324 e. The van der Waals surface area contributed by atoms with Crippen molar-refractivity contribution in [2.45, 2.75) is 46.7 Å². The van der Waals surface area contributed by atoms with Crippen molar-refractivity contribution >= 4 is 17.5 Å². The van der Waals surface area contributed by atoms with Crippen LogP contribution in [-0.2, 0) is 11.3 Å². The van der Waals surface area contributed by atoms with E-state index in [0.717, 1.165) is 16.8 Å². The topological polar surface area (TPSA) is 49.4 Å². The Labute approximate surface area is 155 Å². The predicted octanol–water partition coefficient (Wildman–Crippen LogP) is 4.31. The van der Waals surface area contributed by atoms with Crippen LogP contribution < -0.4 is 5.32 Å². The Morgan fingerprint density at radius 1 is 1.12 bits per heavy atom. The molecule has 2 aromatic rings. The molecule has 1 N–H and O–H groups in total. The van der Waals surface area contributed by atoms with Crippen LogP contribution in [0.15, 0.2) is 42.5 Å². The zero-order chi connectivity index (χ0) is 18.8. The van der Waals surface area contributed by atoms with Gasteiger partial charge >= 0.3 is 0 Å². The van der Waals surface area contributed by atoms with Gasteiger partial charge in [-0.3, -0.25) is 9.59 Å². The zero-order valence-corrected chi connectivity index (χ0v) is 15.9. The Bertz CT molecular complexity index is 842. The molecule has 136 valence electrons. The fourth-order valence-corrected chi connectivity index (χ4v) is 3.40. The van der Waals surface area contributed by atoms with E-state index in [2.05, 4.69) is 19.2 Å². The molecule has 1 aliphatic heterocycles. The van der Waals surface area contributed by atoms with Gasteiger partial charge in [0.1, 0.15) is 6.04 Å². The van der Waals surface area contributed by atoms with E-state index in [1.807, 2.05) is 56.3 Å². The van der Waals surface area contributed by atoms with Gasteiger partial charge in [-0.1, -0.05) is 38.1 Å². The van der Waals surface area contributed by atoms with Gasteiger partial charge in [-0.25, -0.2) is 0 Å². The SMILES string of the molecule is Cc1ccc(NC(=O)[C@H](CC(C)C)N2Cc3ccccc3C2=O)cc1C. The van der Waals surface area contributed by atoms with Gasteiger partial charge in [-0.15, -0.1) is 0 Å². The maximum absolute atomic E-state index is 13.0. The molecule has 0 aliphatic carbocycles. The van der Waals surface area contributed by atoms with Crippen molar-refractivity contribution < 1.29 is 9.59 Å². The molecule has 0 aromatic heterocycles. The van der Waals surface area contributed by atoms with Crippen LogP contribution in [0.4, 0.5) is 5.69 Å². The number of fused-ring (bicyclic) bond motifs is 1. The number of benzene rings is 2. The van der Waals surface area contributed by atoms with Gasteiger partial charge in [-0.05, 0) is 61.1 Å². The van der Waals surface area contributed by atoms with E-state index < -0.39 is 6.04 Å². The number of hydrogen-bond acceptors (Lipinski definition) is 2. The van der Waals surface area contributed by atoms with Crippen molar-refractivity contribution in [3.05, 3.63) is 64.7 Å². The van der Waals surface area contributed by atoms with Crippen LogP contribution in [0.2, 0.25) is 0 Å². The number of nitrogens with zero attached hydrogens (tertiary/aromatic N) is 1. The lowest BCUT2D eigenvalue weighted by atomic mass is 10.0. The van der Waals surface area contributed by atoms with E-state index >= 15 is 0 Å². The lowest BCUT2D eigenvalue weighted by molar-refractivity contribution is -0.121. The van der Waals surface area contributed by atoms with Crippen LogP contribution in [-0.4, -0.2) is 22.8 Å². The van der Waals surface area contributed by atoms with Crippen LogP contribution in [0.5, 0.6) is 0 Å². The van der Waals surface area contributed by atoms with Crippen LogP contribution in [0.3, 0.4) is 0 Å². The van der Waals surface area contributed by atoms with Crippen molar-refractivity contribution in [1.29, 1.82) is 0 Å². The number of carbonyl (C=O) groups is 2. The molecule has 4 heteroatoms. The van der Waals surface area contributed by atoms with Crippen molar-refractivity contribution in [2.75, 3.05) is 5.32 Å². The molecule has 0 spiro atoms. The smallest absolute Gasteiger partial charge is 0.255 e. The highest BCUT2D eigenvalue weighted by molar-refractivity contribution is 6.03. The van der Waals surface area contributed by atoms with E-state index in [9.17, 15) is 9.59 Å². The molecule has 0 bridgehead atoms. The number of amides is 2.